The number of rotatable bonds is 7. The number of fused-ring (bicyclic) bond motifs is 4. The van der Waals surface area contributed by atoms with Crippen LogP contribution in [0.15, 0.2) is 82.1 Å². The van der Waals surface area contributed by atoms with Gasteiger partial charge in [-0.3, -0.25) is 0 Å². The van der Waals surface area contributed by atoms with Crippen molar-refractivity contribution in [2.45, 2.75) is 45.3 Å². The lowest BCUT2D eigenvalue weighted by atomic mass is 10.0. The Bertz CT molecular complexity index is 1790. The first-order valence-electron chi connectivity index (χ1n) is 13.3. The van der Waals surface area contributed by atoms with Gasteiger partial charge in [-0.25, -0.2) is 14.4 Å². The maximum atomic E-state index is 13.7. The van der Waals surface area contributed by atoms with Crippen molar-refractivity contribution in [3.63, 3.8) is 0 Å². The van der Waals surface area contributed by atoms with E-state index in [1.165, 1.54) is 0 Å². The predicted octanol–water partition coefficient (Wildman–Crippen LogP) is 5.51. The molecule has 1 aliphatic carbocycles. The van der Waals surface area contributed by atoms with Crippen LogP contribution in [0.1, 0.15) is 34.2 Å². The lowest BCUT2D eigenvalue weighted by molar-refractivity contribution is -0.136. The molecule has 3 aromatic carbocycles. The fourth-order valence-electron chi connectivity index (χ4n) is 5.39. The number of benzene rings is 3. The molecule has 0 saturated heterocycles. The maximum absolute atomic E-state index is 13.7. The van der Waals surface area contributed by atoms with Crippen LogP contribution in [0, 0.1) is 6.92 Å². The smallest absolute Gasteiger partial charge is 0.408 e. The van der Waals surface area contributed by atoms with Crippen LogP contribution in [0.3, 0.4) is 0 Å². The molecule has 1 atom stereocenters. The largest absolute Gasteiger partial charge is 0.445 e. The SMILES string of the molecule is Cc1cc(OC(=O)C(Cc2c[nH]c3ccccc23)NC(=O)OCc2ccccc2)c2c3c(c(=O)oc2c1)CCC3. The van der Waals surface area contributed by atoms with Crippen molar-refractivity contribution in [3.8, 4) is 5.75 Å². The first-order chi connectivity index (χ1) is 19.5. The van der Waals surface area contributed by atoms with Crippen molar-refractivity contribution < 1.29 is 23.5 Å². The Morgan fingerprint density at radius 1 is 1.02 bits per heavy atom. The van der Waals surface area contributed by atoms with Gasteiger partial charge in [0.2, 0.25) is 0 Å². The van der Waals surface area contributed by atoms with E-state index in [0.717, 1.165) is 39.6 Å². The summed E-state index contributed by atoms with van der Waals surface area (Å²) in [5.74, 6) is -0.336. The van der Waals surface area contributed by atoms with Gasteiger partial charge >= 0.3 is 17.7 Å². The third-order valence-electron chi connectivity index (χ3n) is 7.28. The number of hydrogen-bond donors (Lipinski definition) is 2. The van der Waals surface area contributed by atoms with Crippen LogP contribution in [0.2, 0.25) is 0 Å². The van der Waals surface area contributed by atoms with Crippen LogP contribution in [0.4, 0.5) is 4.79 Å². The van der Waals surface area contributed by atoms with E-state index in [2.05, 4.69) is 10.3 Å². The first-order valence-corrected chi connectivity index (χ1v) is 13.3. The summed E-state index contributed by atoms with van der Waals surface area (Å²) < 4.78 is 17.0. The van der Waals surface area contributed by atoms with Crippen molar-refractivity contribution >= 4 is 33.9 Å². The molecule has 1 aliphatic rings. The molecule has 2 heterocycles. The molecular formula is C32H28N2O6. The zero-order valence-electron chi connectivity index (χ0n) is 22.0. The van der Waals surface area contributed by atoms with E-state index in [1.807, 2.05) is 67.7 Å². The Hall–Kier alpha value is -4.85. The maximum Gasteiger partial charge on any atom is 0.408 e. The molecule has 1 unspecified atom stereocenters. The van der Waals surface area contributed by atoms with Crippen LogP contribution < -0.4 is 15.7 Å². The predicted molar refractivity (Wildman–Crippen MR) is 150 cm³/mol. The normalized spacial score (nSPS) is 13.2. The number of carbonyl (C=O) groups excluding carboxylic acids is 2. The minimum Gasteiger partial charge on any atom is -0.445 e. The fraction of sp³-hybridized carbons (Fsp3) is 0.219. The van der Waals surface area contributed by atoms with Gasteiger partial charge in [-0.2, -0.15) is 0 Å². The average molecular weight is 537 g/mol. The summed E-state index contributed by atoms with van der Waals surface area (Å²) in [4.78, 5) is 42.3. The van der Waals surface area contributed by atoms with Gasteiger partial charge in [0.15, 0.2) is 0 Å². The van der Waals surface area contributed by atoms with Gasteiger partial charge in [-0.15, -0.1) is 0 Å². The topological polar surface area (TPSA) is 111 Å². The van der Waals surface area contributed by atoms with Crippen molar-refractivity contribution in [2.24, 2.45) is 0 Å². The van der Waals surface area contributed by atoms with E-state index >= 15 is 0 Å². The molecule has 0 saturated carbocycles. The number of carbonyl (C=O) groups is 2. The second-order valence-corrected chi connectivity index (χ2v) is 10.1. The highest BCUT2D eigenvalue weighted by molar-refractivity contribution is 5.93. The molecule has 40 heavy (non-hydrogen) atoms. The van der Waals surface area contributed by atoms with Crippen molar-refractivity contribution in [1.82, 2.24) is 10.3 Å². The summed E-state index contributed by atoms with van der Waals surface area (Å²) in [5, 5.41) is 4.28. The number of aromatic nitrogens is 1. The van der Waals surface area contributed by atoms with Crippen LogP contribution >= 0.6 is 0 Å². The van der Waals surface area contributed by atoms with Crippen molar-refractivity contribution in [1.29, 1.82) is 0 Å². The summed E-state index contributed by atoms with van der Waals surface area (Å²) in [5.41, 5.74) is 4.91. The molecule has 2 N–H and O–H groups in total. The van der Waals surface area contributed by atoms with E-state index < -0.39 is 18.1 Å². The number of ether oxygens (including phenoxy) is 2. The minimum atomic E-state index is -1.04. The molecule has 8 heteroatoms. The van der Waals surface area contributed by atoms with Gasteiger partial charge in [0, 0.05) is 29.1 Å². The van der Waals surface area contributed by atoms with E-state index in [4.69, 9.17) is 13.9 Å². The number of aryl methyl sites for hydroxylation is 2. The third kappa shape index (κ3) is 5.08. The monoisotopic (exact) mass is 536 g/mol. The van der Waals surface area contributed by atoms with Gasteiger partial charge in [0.25, 0.3) is 0 Å². The zero-order chi connectivity index (χ0) is 27.6. The highest BCUT2D eigenvalue weighted by atomic mass is 16.6. The van der Waals surface area contributed by atoms with Gasteiger partial charge in [-0.1, -0.05) is 48.5 Å². The number of H-pyrrole nitrogens is 1. The highest BCUT2D eigenvalue weighted by Gasteiger charge is 2.28. The number of hydrogen-bond acceptors (Lipinski definition) is 6. The van der Waals surface area contributed by atoms with Crippen LogP contribution in [-0.4, -0.2) is 23.1 Å². The summed E-state index contributed by atoms with van der Waals surface area (Å²) in [6.45, 7) is 1.90. The standard InChI is InChI=1S/C32H28N2O6/c1-19-14-27-29(23-11-7-12-24(23)30(35)39-27)28(15-19)40-31(36)26(16-21-17-33-25-13-6-5-10-22(21)25)34-32(37)38-18-20-8-3-2-4-9-20/h2-6,8-10,13-15,17,26,33H,7,11-12,16,18H2,1H3,(H,34,37). The first kappa shape index (κ1) is 25.4. The Morgan fingerprint density at radius 2 is 1.80 bits per heavy atom. The molecule has 202 valence electrons. The number of alkyl carbamates (subject to hydrolysis) is 1. The summed E-state index contributed by atoms with van der Waals surface area (Å²) in [6.07, 6.45) is 3.44. The molecule has 0 spiro atoms. The van der Waals surface area contributed by atoms with Gasteiger partial charge in [0.05, 0.1) is 5.39 Å². The van der Waals surface area contributed by atoms with E-state index in [-0.39, 0.29) is 18.7 Å². The highest BCUT2D eigenvalue weighted by Crippen LogP contribution is 2.35. The van der Waals surface area contributed by atoms with Gasteiger partial charge < -0.3 is 24.2 Å². The number of nitrogens with one attached hydrogen (secondary N) is 2. The molecule has 5 aromatic rings. The Morgan fingerprint density at radius 3 is 2.65 bits per heavy atom. The van der Waals surface area contributed by atoms with E-state index in [9.17, 15) is 14.4 Å². The Kier molecular flexibility index (Phi) is 6.82. The van der Waals surface area contributed by atoms with E-state index in [1.54, 1.807) is 12.1 Å². The molecule has 6 rings (SSSR count). The van der Waals surface area contributed by atoms with Crippen LogP contribution in [-0.2, 0) is 35.4 Å². The third-order valence-corrected chi connectivity index (χ3v) is 7.28. The second kappa shape index (κ2) is 10.7. The van der Waals surface area contributed by atoms with Crippen LogP contribution in [0.25, 0.3) is 21.9 Å². The number of aromatic amines is 1. The van der Waals surface area contributed by atoms with Crippen molar-refractivity contribution in [3.05, 3.63) is 111 Å². The summed E-state index contributed by atoms with van der Waals surface area (Å²) in [6, 6.07) is 19.5. The average Bonchev–Trinajstić information content (AvgIpc) is 3.60. The lowest BCUT2D eigenvalue weighted by Crippen LogP contribution is -2.44. The molecule has 8 nitrogen and oxygen atoms in total. The van der Waals surface area contributed by atoms with E-state index in [0.29, 0.717) is 35.1 Å². The quantitative estimate of drug-likeness (QED) is 0.161. The minimum absolute atomic E-state index is 0.0647. The van der Waals surface area contributed by atoms with Crippen molar-refractivity contribution in [2.75, 3.05) is 0 Å². The molecule has 2 aromatic heterocycles. The van der Waals surface area contributed by atoms with Gasteiger partial charge in [-0.05, 0) is 66.6 Å². The fourth-order valence-corrected chi connectivity index (χ4v) is 5.39. The number of para-hydroxylation sites is 1. The number of amides is 1. The zero-order valence-corrected chi connectivity index (χ0v) is 22.0. The van der Waals surface area contributed by atoms with Gasteiger partial charge in [0.1, 0.15) is 24.0 Å². The van der Waals surface area contributed by atoms with Crippen LogP contribution in [0.5, 0.6) is 5.75 Å². The lowest BCUT2D eigenvalue weighted by Gasteiger charge is -2.19. The molecule has 0 aliphatic heterocycles. The molecular weight excluding hydrogens is 508 g/mol. The molecule has 0 bridgehead atoms. The summed E-state index contributed by atoms with van der Waals surface area (Å²) >= 11 is 0. The number of esters is 1. The second-order valence-electron chi connectivity index (χ2n) is 10.1. The Labute approximate surface area is 229 Å². The Balaban J connectivity index is 1.30. The molecule has 0 fully saturated rings. The summed E-state index contributed by atoms with van der Waals surface area (Å²) in [7, 11) is 0. The molecule has 1 amide bonds. The molecule has 0 radical (unpaired) electrons.